The van der Waals surface area contributed by atoms with Crippen LogP contribution in [0.4, 0.5) is 8.78 Å². The molecule has 0 radical (unpaired) electrons. The van der Waals surface area contributed by atoms with Crippen molar-refractivity contribution in [2.45, 2.75) is 19.6 Å². The van der Waals surface area contributed by atoms with Crippen LogP contribution in [0.3, 0.4) is 0 Å². The van der Waals surface area contributed by atoms with Gasteiger partial charge in [-0.05, 0) is 36.8 Å². The maximum Gasteiger partial charge on any atom is 0.387 e. The van der Waals surface area contributed by atoms with Crippen LogP contribution in [0.5, 0.6) is 5.75 Å². The average molecular weight is 343 g/mol. The Balaban J connectivity index is 1.70. The van der Waals surface area contributed by atoms with E-state index >= 15 is 0 Å². The third-order valence-corrected chi connectivity index (χ3v) is 3.63. The summed E-state index contributed by atoms with van der Waals surface area (Å²) in [5.74, 6) is -0.295. The van der Waals surface area contributed by atoms with Gasteiger partial charge in [0.25, 0.3) is 5.91 Å². The summed E-state index contributed by atoms with van der Waals surface area (Å²) in [7, 11) is 0. The average Bonchev–Trinajstić information content (AvgIpc) is 2.61. The van der Waals surface area contributed by atoms with E-state index in [-0.39, 0.29) is 23.4 Å². The molecule has 7 heteroatoms. The Morgan fingerprint density at radius 1 is 1.08 bits per heavy atom. The largest absolute Gasteiger partial charge is 0.435 e. The van der Waals surface area contributed by atoms with E-state index in [1.807, 2.05) is 18.2 Å². The minimum atomic E-state index is -2.87. The summed E-state index contributed by atoms with van der Waals surface area (Å²) in [6.45, 7) is -1.08. The van der Waals surface area contributed by atoms with Gasteiger partial charge in [0, 0.05) is 0 Å². The van der Waals surface area contributed by atoms with Crippen LogP contribution in [-0.2, 0) is 0 Å². The lowest BCUT2D eigenvalue weighted by Gasteiger charge is -2.14. The molecule has 0 fully saturated rings. The number of benzene rings is 2. The zero-order valence-electron chi connectivity index (χ0n) is 13.3. The van der Waals surface area contributed by atoms with Crippen LogP contribution < -0.4 is 10.1 Å². The second kappa shape index (κ2) is 7.21. The molecule has 1 aromatic heterocycles. The Morgan fingerprint density at radius 3 is 2.44 bits per heavy atom. The second-order valence-electron chi connectivity index (χ2n) is 5.39. The molecule has 2 aromatic carbocycles. The molecule has 3 aromatic rings. The number of hydrogen-bond acceptors (Lipinski definition) is 4. The summed E-state index contributed by atoms with van der Waals surface area (Å²) in [5.41, 5.74) is 2.31. The van der Waals surface area contributed by atoms with E-state index in [9.17, 15) is 13.6 Å². The van der Waals surface area contributed by atoms with Crippen molar-refractivity contribution in [3.05, 3.63) is 66.0 Å². The van der Waals surface area contributed by atoms with Gasteiger partial charge in [-0.15, -0.1) is 0 Å². The Labute approximate surface area is 142 Å². The molecule has 25 heavy (non-hydrogen) atoms. The van der Waals surface area contributed by atoms with Crippen molar-refractivity contribution in [3.63, 3.8) is 0 Å². The normalized spacial score (nSPS) is 12.2. The monoisotopic (exact) mass is 343 g/mol. The summed E-state index contributed by atoms with van der Waals surface area (Å²) >= 11 is 0. The minimum absolute atomic E-state index is 0.0673. The van der Waals surface area contributed by atoms with Crippen LogP contribution in [0.2, 0.25) is 0 Å². The van der Waals surface area contributed by atoms with Gasteiger partial charge >= 0.3 is 6.61 Å². The number of para-hydroxylation sites is 2. The topological polar surface area (TPSA) is 64.1 Å². The summed E-state index contributed by atoms with van der Waals surface area (Å²) in [4.78, 5) is 20.8. The van der Waals surface area contributed by atoms with Gasteiger partial charge in [0.2, 0.25) is 0 Å². The van der Waals surface area contributed by atoms with Crippen molar-refractivity contribution >= 4 is 16.9 Å². The van der Waals surface area contributed by atoms with E-state index in [1.165, 1.54) is 18.3 Å². The highest BCUT2D eigenvalue weighted by Gasteiger charge is 2.14. The molecule has 1 unspecified atom stereocenters. The fourth-order valence-electron chi connectivity index (χ4n) is 2.36. The summed E-state index contributed by atoms with van der Waals surface area (Å²) in [6.07, 6.45) is 1.42. The SMILES string of the molecule is CC(NC(=O)c1cnc2ccccc2n1)c1ccc(OC(F)F)cc1. The van der Waals surface area contributed by atoms with Crippen molar-refractivity contribution in [2.24, 2.45) is 0 Å². The molecule has 0 saturated heterocycles. The Hall–Kier alpha value is -3.09. The Morgan fingerprint density at radius 2 is 1.76 bits per heavy atom. The van der Waals surface area contributed by atoms with Crippen molar-refractivity contribution in [1.29, 1.82) is 0 Å². The summed E-state index contributed by atoms with van der Waals surface area (Å²) in [6, 6.07) is 13.0. The van der Waals surface area contributed by atoms with Crippen molar-refractivity contribution in [1.82, 2.24) is 15.3 Å². The summed E-state index contributed by atoms with van der Waals surface area (Å²) in [5, 5.41) is 2.81. The van der Waals surface area contributed by atoms with Gasteiger partial charge in [0.15, 0.2) is 0 Å². The quantitative estimate of drug-likeness (QED) is 0.767. The lowest BCUT2D eigenvalue weighted by molar-refractivity contribution is -0.0498. The molecule has 0 aliphatic rings. The minimum Gasteiger partial charge on any atom is -0.435 e. The molecular formula is C18H15F2N3O2. The first-order valence-corrected chi connectivity index (χ1v) is 7.60. The van der Waals surface area contributed by atoms with E-state index in [0.29, 0.717) is 11.0 Å². The van der Waals surface area contributed by atoms with Crippen LogP contribution >= 0.6 is 0 Å². The number of nitrogens with zero attached hydrogens (tertiary/aromatic N) is 2. The van der Waals surface area contributed by atoms with Gasteiger partial charge in [0.1, 0.15) is 11.4 Å². The number of amides is 1. The smallest absolute Gasteiger partial charge is 0.387 e. The highest BCUT2D eigenvalue weighted by Crippen LogP contribution is 2.19. The van der Waals surface area contributed by atoms with E-state index < -0.39 is 6.61 Å². The number of fused-ring (bicyclic) bond motifs is 1. The maximum atomic E-state index is 12.3. The fraction of sp³-hybridized carbons (Fsp3) is 0.167. The maximum absolute atomic E-state index is 12.3. The highest BCUT2D eigenvalue weighted by atomic mass is 19.3. The first kappa shape index (κ1) is 16.8. The molecule has 0 saturated carbocycles. The van der Waals surface area contributed by atoms with Crippen LogP contribution in [-0.4, -0.2) is 22.5 Å². The van der Waals surface area contributed by atoms with Gasteiger partial charge in [-0.3, -0.25) is 9.78 Å². The number of aromatic nitrogens is 2. The number of rotatable bonds is 5. The third-order valence-electron chi connectivity index (χ3n) is 3.63. The summed E-state index contributed by atoms with van der Waals surface area (Å²) < 4.78 is 28.6. The lowest BCUT2D eigenvalue weighted by Crippen LogP contribution is -2.27. The van der Waals surface area contributed by atoms with Crippen LogP contribution in [0.1, 0.15) is 29.0 Å². The molecule has 5 nitrogen and oxygen atoms in total. The Bertz CT molecular complexity index is 885. The van der Waals surface area contributed by atoms with Crippen LogP contribution in [0.25, 0.3) is 11.0 Å². The molecule has 3 rings (SSSR count). The van der Waals surface area contributed by atoms with E-state index in [0.717, 1.165) is 5.56 Å². The number of carbonyl (C=O) groups is 1. The van der Waals surface area contributed by atoms with Gasteiger partial charge in [0.05, 0.1) is 23.3 Å². The molecule has 128 valence electrons. The number of halogens is 2. The third kappa shape index (κ3) is 4.06. The standard InChI is InChI=1S/C18H15F2N3O2/c1-11(12-6-8-13(9-7-12)25-18(19)20)22-17(24)16-10-21-14-4-2-3-5-15(14)23-16/h2-11,18H,1H3,(H,22,24). The van der Waals surface area contributed by atoms with Gasteiger partial charge in [-0.25, -0.2) is 4.98 Å². The van der Waals surface area contributed by atoms with E-state index in [1.54, 1.807) is 25.1 Å². The first-order chi connectivity index (χ1) is 12.0. The molecule has 1 atom stereocenters. The fourth-order valence-corrected chi connectivity index (χ4v) is 2.36. The molecule has 0 bridgehead atoms. The first-order valence-electron chi connectivity index (χ1n) is 7.60. The van der Waals surface area contributed by atoms with Gasteiger partial charge in [-0.2, -0.15) is 8.78 Å². The molecule has 0 aliphatic heterocycles. The molecule has 0 aliphatic carbocycles. The number of hydrogen-bond donors (Lipinski definition) is 1. The number of alkyl halides is 2. The number of carbonyl (C=O) groups excluding carboxylic acids is 1. The van der Waals surface area contributed by atoms with Crippen LogP contribution in [0.15, 0.2) is 54.7 Å². The van der Waals surface area contributed by atoms with Crippen molar-refractivity contribution in [2.75, 3.05) is 0 Å². The second-order valence-corrected chi connectivity index (χ2v) is 5.39. The highest BCUT2D eigenvalue weighted by molar-refractivity contribution is 5.94. The number of nitrogens with one attached hydrogen (secondary N) is 1. The molecular weight excluding hydrogens is 328 g/mol. The molecule has 1 N–H and O–H groups in total. The zero-order valence-corrected chi connectivity index (χ0v) is 13.3. The molecule has 0 spiro atoms. The van der Waals surface area contributed by atoms with Gasteiger partial charge < -0.3 is 10.1 Å². The van der Waals surface area contributed by atoms with Gasteiger partial charge in [-0.1, -0.05) is 24.3 Å². The predicted molar refractivity (Wildman–Crippen MR) is 88.5 cm³/mol. The zero-order chi connectivity index (χ0) is 17.8. The predicted octanol–water partition coefficient (Wildman–Crippen LogP) is 3.72. The molecule has 1 amide bonds. The lowest BCUT2D eigenvalue weighted by atomic mass is 10.1. The van der Waals surface area contributed by atoms with E-state index in [2.05, 4.69) is 20.0 Å². The van der Waals surface area contributed by atoms with E-state index in [4.69, 9.17) is 0 Å². The number of ether oxygens (including phenoxy) is 1. The van der Waals surface area contributed by atoms with Crippen molar-refractivity contribution < 1.29 is 18.3 Å². The Kier molecular flexibility index (Phi) is 4.83. The van der Waals surface area contributed by atoms with Crippen LogP contribution in [0, 0.1) is 0 Å². The molecule has 1 heterocycles. The van der Waals surface area contributed by atoms with Crippen molar-refractivity contribution in [3.8, 4) is 5.75 Å².